The summed E-state index contributed by atoms with van der Waals surface area (Å²) in [5, 5.41) is 2.17. The molecule has 0 aliphatic rings. The van der Waals surface area contributed by atoms with E-state index in [0.717, 1.165) is 0 Å². The van der Waals surface area contributed by atoms with Gasteiger partial charge in [0.05, 0.1) is 11.3 Å². The summed E-state index contributed by atoms with van der Waals surface area (Å²) >= 11 is 0. The topological polar surface area (TPSA) is 64.6 Å². The molecule has 0 aliphatic heterocycles. The van der Waals surface area contributed by atoms with Crippen LogP contribution in [0, 0.1) is 0 Å². The normalized spacial score (nSPS) is 16.0. The molecule has 5 nitrogen and oxygen atoms in total. The van der Waals surface area contributed by atoms with Crippen molar-refractivity contribution in [3.05, 3.63) is 30.3 Å². The number of nitrogens with one attached hydrogen (secondary N) is 1. The van der Waals surface area contributed by atoms with E-state index in [1.807, 2.05) is 26.8 Å². The Bertz CT molecular complexity index is 537. The van der Waals surface area contributed by atoms with E-state index in [1.165, 1.54) is 0 Å². The Morgan fingerprint density at radius 1 is 1.14 bits per heavy atom. The van der Waals surface area contributed by atoms with E-state index in [0.29, 0.717) is 5.75 Å². The van der Waals surface area contributed by atoms with E-state index >= 15 is 0 Å². The van der Waals surface area contributed by atoms with Crippen molar-refractivity contribution in [2.45, 2.75) is 58.8 Å². The van der Waals surface area contributed by atoms with Crippen molar-refractivity contribution in [2.75, 3.05) is 0 Å². The first kappa shape index (κ1) is 18.7. The van der Waals surface area contributed by atoms with Crippen LogP contribution in [0.1, 0.15) is 41.5 Å². The number of benzene rings is 1. The molecule has 0 unspecified atom stereocenters. The number of hydrogen-bond acceptors (Lipinski definition) is 4. The number of carbonyl (C=O) groups is 1. The van der Waals surface area contributed by atoms with Crippen LogP contribution in [-0.2, 0) is 14.1 Å². The van der Waals surface area contributed by atoms with Crippen molar-refractivity contribution in [3.63, 3.8) is 0 Å². The highest BCUT2D eigenvalue weighted by molar-refractivity contribution is 7.59. The van der Waals surface area contributed by atoms with Crippen molar-refractivity contribution < 1.29 is 18.6 Å². The third-order valence-corrected chi connectivity index (χ3v) is 5.89. The zero-order chi connectivity index (χ0) is 17.0. The lowest BCUT2D eigenvalue weighted by Crippen LogP contribution is -2.40. The molecule has 0 bridgehead atoms. The summed E-state index contributed by atoms with van der Waals surface area (Å²) in [6, 6.07) is 8.20. The Balaban J connectivity index is 2.94. The number of esters is 1. The van der Waals surface area contributed by atoms with E-state index in [4.69, 9.17) is 9.26 Å². The van der Waals surface area contributed by atoms with Gasteiger partial charge in [-0.25, -0.2) is 5.09 Å². The first-order valence-corrected chi connectivity index (χ1v) is 9.01. The smallest absolute Gasteiger partial charge is 0.323 e. The molecular weight excluding hydrogens is 301 g/mol. The van der Waals surface area contributed by atoms with Crippen LogP contribution in [0.5, 0.6) is 5.75 Å². The summed E-state index contributed by atoms with van der Waals surface area (Å²) in [5.41, 5.74) is 0. The van der Waals surface area contributed by atoms with E-state index < -0.39 is 24.7 Å². The molecule has 1 aromatic rings. The Morgan fingerprint density at radius 2 is 1.68 bits per heavy atom. The Kier molecular flexibility index (Phi) is 6.21. The molecule has 22 heavy (non-hydrogen) atoms. The molecule has 1 rings (SSSR count). The van der Waals surface area contributed by atoms with Crippen LogP contribution in [-0.4, -0.2) is 23.3 Å². The maximum atomic E-state index is 13.3. The molecule has 0 aromatic heterocycles. The maximum Gasteiger partial charge on any atom is 0.323 e. The zero-order valence-electron chi connectivity index (χ0n) is 14.1. The van der Waals surface area contributed by atoms with E-state index in [1.54, 1.807) is 45.0 Å². The first-order valence-electron chi connectivity index (χ1n) is 7.38. The van der Waals surface area contributed by atoms with E-state index in [9.17, 15) is 9.36 Å². The highest BCUT2D eigenvalue weighted by Crippen LogP contribution is 2.55. The van der Waals surface area contributed by atoms with E-state index in [2.05, 4.69) is 5.09 Å². The van der Waals surface area contributed by atoms with Gasteiger partial charge in [-0.2, -0.15) is 0 Å². The predicted octanol–water partition coefficient (Wildman–Crippen LogP) is 3.99. The summed E-state index contributed by atoms with van der Waals surface area (Å²) < 4.78 is 24.1. The van der Waals surface area contributed by atoms with Crippen molar-refractivity contribution in [3.8, 4) is 5.75 Å². The molecule has 0 heterocycles. The molecule has 0 spiro atoms. The molecule has 0 aliphatic carbocycles. The van der Waals surface area contributed by atoms with Crippen molar-refractivity contribution in [1.82, 2.24) is 5.09 Å². The van der Waals surface area contributed by atoms with Crippen LogP contribution >= 0.6 is 7.52 Å². The lowest BCUT2D eigenvalue weighted by Gasteiger charge is -2.33. The number of hydrogen-bond donors (Lipinski definition) is 1. The summed E-state index contributed by atoms with van der Waals surface area (Å²) in [5.74, 6) is 0.0498. The minimum atomic E-state index is -3.33. The van der Waals surface area contributed by atoms with Crippen LogP contribution in [0.3, 0.4) is 0 Å². The van der Waals surface area contributed by atoms with Gasteiger partial charge in [0.15, 0.2) is 0 Å². The van der Waals surface area contributed by atoms with Gasteiger partial charge in [0.1, 0.15) is 11.8 Å². The Labute approximate surface area is 132 Å². The van der Waals surface area contributed by atoms with Crippen LogP contribution in [0.4, 0.5) is 0 Å². The van der Waals surface area contributed by atoms with Gasteiger partial charge in [0.25, 0.3) is 0 Å². The second kappa shape index (κ2) is 7.30. The van der Waals surface area contributed by atoms with Gasteiger partial charge < -0.3 is 9.26 Å². The molecule has 6 heteroatoms. The molecule has 1 aromatic carbocycles. The minimum Gasteiger partial charge on any atom is -0.462 e. The van der Waals surface area contributed by atoms with Gasteiger partial charge in [-0.15, -0.1) is 0 Å². The summed E-state index contributed by atoms with van der Waals surface area (Å²) in [4.78, 5) is 11.9. The first-order chi connectivity index (χ1) is 10.0. The zero-order valence-corrected chi connectivity index (χ0v) is 15.0. The summed E-state index contributed by atoms with van der Waals surface area (Å²) in [6.07, 6.45) is -0.221. The van der Waals surface area contributed by atoms with E-state index in [-0.39, 0.29) is 6.10 Å². The lowest BCUT2D eigenvalue weighted by atomic mass is 10.3. The third-order valence-electron chi connectivity index (χ3n) is 2.93. The SMILES string of the molecule is CC(C)OC(=O)[C@@H](C)N[P@](=O)(Oc1ccccc1)C(C)(C)C. The standard InChI is InChI=1S/C16H26NO4P/c1-12(2)20-15(18)13(3)17-22(19,16(4,5)6)21-14-10-8-7-9-11-14/h7-13H,1-6H3,(H,17,19)/t13-,22-/m1/s1. The molecule has 124 valence electrons. The van der Waals surface area contributed by atoms with Crippen LogP contribution in [0.2, 0.25) is 0 Å². The third kappa shape index (κ3) is 5.15. The van der Waals surface area contributed by atoms with Gasteiger partial charge in [0, 0.05) is 0 Å². The molecule has 0 amide bonds. The van der Waals surface area contributed by atoms with Crippen molar-refractivity contribution >= 4 is 13.5 Å². The molecule has 2 atom stereocenters. The highest BCUT2D eigenvalue weighted by Gasteiger charge is 2.42. The van der Waals surface area contributed by atoms with Gasteiger partial charge >= 0.3 is 13.5 Å². The fourth-order valence-electron chi connectivity index (χ4n) is 1.63. The second-order valence-electron chi connectivity index (χ2n) is 6.46. The van der Waals surface area contributed by atoms with Crippen molar-refractivity contribution in [1.29, 1.82) is 0 Å². The monoisotopic (exact) mass is 327 g/mol. The summed E-state index contributed by atoms with van der Waals surface area (Å²) in [7, 11) is -3.33. The predicted molar refractivity (Wildman–Crippen MR) is 88.3 cm³/mol. The molecule has 1 N–H and O–H groups in total. The Morgan fingerprint density at radius 3 is 2.14 bits per heavy atom. The van der Waals surface area contributed by atoms with Gasteiger partial charge in [0.2, 0.25) is 0 Å². The Hall–Kier alpha value is -1.32. The molecule has 0 saturated heterocycles. The summed E-state index contributed by atoms with van der Waals surface area (Å²) in [6.45, 7) is 10.6. The minimum absolute atomic E-state index is 0.221. The van der Waals surface area contributed by atoms with Crippen LogP contribution in [0.25, 0.3) is 0 Å². The average Bonchev–Trinajstić information content (AvgIpc) is 2.37. The fourth-order valence-corrected chi connectivity index (χ4v) is 3.38. The van der Waals surface area contributed by atoms with Crippen LogP contribution < -0.4 is 9.61 Å². The molecule has 0 fully saturated rings. The van der Waals surface area contributed by atoms with Gasteiger partial charge in [-0.3, -0.25) is 9.36 Å². The fraction of sp³-hybridized carbons (Fsp3) is 0.562. The second-order valence-corrected chi connectivity index (χ2v) is 9.35. The number of rotatable bonds is 6. The largest absolute Gasteiger partial charge is 0.462 e. The maximum absolute atomic E-state index is 13.3. The molecule has 0 saturated carbocycles. The quantitative estimate of drug-likeness (QED) is 0.632. The molecule has 0 radical (unpaired) electrons. The van der Waals surface area contributed by atoms with Crippen molar-refractivity contribution in [2.24, 2.45) is 0 Å². The molecular formula is C16H26NO4P. The lowest BCUT2D eigenvalue weighted by molar-refractivity contribution is -0.149. The van der Waals surface area contributed by atoms with Gasteiger partial charge in [-0.1, -0.05) is 18.2 Å². The number of carbonyl (C=O) groups excluding carboxylic acids is 1. The average molecular weight is 327 g/mol. The van der Waals surface area contributed by atoms with Gasteiger partial charge in [-0.05, 0) is 53.7 Å². The number of ether oxygens (including phenoxy) is 1. The number of para-hydroxylation sites is 1. The van der Waals surface area contributed by atoms with Crippen LogP contribution in [0.15, 0.2) is 30.3 Å². The highest BCUT2D eigenvalue weighted by atomic mass is 31.2.